The Morgan fingerprint density at radius 1 is 1.06 bits per heavy atom. The third-order valence-corrected chi connectivity index (χ3v) is 7.05. The molecule has 0 spiro atoms. The fourth-order valence-electron chi connectivity index (χ4n) is 4.41. The largest absolute Gasteiger partial charge is 0.495 e. The van der Waals surface area contributed by atoms with Crippen LogP contribution < -0.4 is 20.3 Å². The lowest BCUT2D eigenvalue weighted by atomic mass is 9.99. The van der Waals surface area contributed by atoms with Crippen LogP contribution in [-0.4, -0.2) is 44.3 Å². The highest BCUT2D eigenvalue weighted by atomic mass is 35.5. The summed E-state index contributed by atoms with van der Waals surface area (Å²) in [6.07, 6.45) is -0.935. The van der Waals surface area contributed by atoms with Crippen LogP contribution in [0.3, 0.4) is 0 Å². The summed E-state index contributed by atoms with van der Waals surface area (Å²) in [4.78, 5) is 16.0. The molecule has 1 aliphatic rings. The number of carbonyl (C=O) groups excluding carboxylic acids is 1. The Balaban J connectivity index is 1.56. The number of anilines is 1. The van der Waals surface area contributed by atoms with Crippen LogP contribution in [0.5, 0.6) is 5.75 Å². The van der Waals surface area contributed by atoms with Crippen LogP contribution >= 0.6 is 23.2 Å². The van der Waals surface area contributed by atoms with Gasteiger partial charge in [-0.15, -0.1) is 0 Å². The van der Waals surface area contributed by atoms with Crippen molar-refractivity contribution in [3.63, 3.8) is 0 Å². The number of nitrogens with one attached hydrogen (secondary N) is 2. The molecule has 0 saturated carbocycles. The molecule has 0 aromatic heterocycles. The zero-order valence-corrected chi connectivity index (χ0v) is 21.9. The van der Waals surface area contributed by atoms with Crippen molar-refractivity contribution >= 4 is 34.7 Å². The van der Waals surface area contributed by atoms with E-state index in [1.54, 1.807) is 26.2 Å². The first-order valence-corrected chi connectivity index (χ1v) is 12.7. The summed E-state index contributed by atoms with van der Waals surface area (Å²) in [6, 6.07) is 22.7. The number of rotatable bonds is 10. The molecule has 36 heavy (non-hydrogen) atoms. The number of hydrogen-bond acceptors (Lipinski definition) is 6. The molecule has 0 aliphatic carbocycles. The molecule has 1 fully saturated rings. The molecule has 3 aromatic carbocycles. The maximum absolute atomic E-state index is 13.9. The average molecular weight is 528 g/mol. The highest BCUT2D eigenvalue weighted by Gasteiger charge is 2.39. The minimum Gasteiger partial charge on any atom is -0.495 e. The van der Waals surface area contributed by atoms with Gasteiger partial charge in [-0.3, -0.25) is 15.4 Å². The van der Waals surface area contributed by atoms with E-state index in [9.17, 15) is 4.79 Å². The van der Waals surface area contributed by atoms with Gasteiger partial charge in [-0.1, -0.05) is 71.7 Å². The van der Waals surface area contributed by atoms with Crippen LogP contribution in [-0.2, 0) is 22.7 Å². The molecule has 3 unspecified atom stereocenters. The summed E-state index contributed by atoms with van der Waals surface area (Å²) in [6.45, 7) is 4.04. The van der Waals surface area contributed by atoms with E-state index in [0.717, 1.165) is 22.6 Å². The molecule has 1 saturated heterocycles. The van der Waals surface area contributed by atoms with Crippen molar-refractivity contribution in [2.45, 2.75) is 38.4 Å². The lowest BCUT2D eigenvalue weighted by molar-refractivity contribution is -0.132. The second kappa shape index (κ2) is 12.6. The van der Waals surface area contributed by atoms with Crippen LogP contribution in [0.2, 0.25) is 10.0 Å². The molecular weight excluding hydrogens is 497 g/mol. The molecule has 1 aliphatic heterocycles. The molecule has 4 rings (SSSR count). The van der Waals surface area contributed by atoms with Gasteiger partial charge < -0.3 is 14.4 Å². The van der Waals surface area contributed by atoms with Gasteiger partial charge in [0.25, 0.3) is 0 Å². The molecule has 2 N–H and O–H groups in total. The highest BCUT2D eigenvalue weighted by molar-refractivity contribution is 6.42. The van der Waals surface area contributed by atoms with Gasteiger partial charge in [0.1, 0.15) is 17.9 Å². The first-order valence-electron chi connectivity index (χ1n) is 12.0. The number of nitrogens with zero attached hydrogens (tertiary/aromatic N) is 1. The maximum Gasteiger partial charge on any atom is 0.186 e. The SMILES string of the molecule is COc1ccccc1N1CCNC(NCc2ccccc2)C1C(=O)C(C)OCc1ccc(Cl)c(Cl)c1. The molecule has 0 radical (unpaired) electrons. The van der Waals surface area contributed by atoms with E-state index in [1.165, 1.54) is 0 Å². The van der Waals surface area contributed by atoms with Crippen LogP contribution in [0.4, 0.5) is 5.69 Å². The van der Waals surface area contributed by atoms with Gasteiger partial charge in [0.15, 0.2) is 5.78 Å². The molecular formula is C28H31Cl2N3O3. The topological polar surface area (TPSA) is 62.8 Å². The molecule has 190 valence electrons. The molecule has 6 nitrogen and oxygen atoms in total. The number of benzene rings is 3. The molecule has 3 aromatic rings. The zero-order valence-electron chi connectivity index (χ0n) is 20.4. The minimum absolute atomic E-state index is 0.0290. The van der Waals surface area contributed by atoms with Crippen molar-refractivity contribution in [2.24, 2.45) is 0 Å². The van der Waals surface area contributed by atoms with E-state index in [4.69, 9.17) is 32.7 Å². The van der Waals surface area contributed by atoms with Crippen molar-refractivity contribution in [2.75, 3.05) is 25.1 Å². The average Bonchev–Trinajstić information content (AvgIpc) is 2.92. The van der Waals surface area contributed by atoms with Crippen molar-refractivity contribution < 1.29 is 14.3 Å². The second-order valence-electron chi connectivity index (χ2n) is 8.71. The number of ether oxygens (including phenoxy) is 2. The number of Topliss-reactive ketones (excluding diaryl/α,β-unsaturated/α-hetero) is 1. The summed E-state index contributed by atoms with van der Waals surface area (Å²) in [5.74, 6) is 0.696. The summed E-state index contributed by atoms with van der Waals surface area (Å²) >= 11 is 12.2. The van der Waals surface area contributed by atoms with Gasteiger partial charge in [0.2, 0.25) is 0 Å². The Morgan fingerprint density at radius 3 is 2.56 bits per heavy atom. The third kappa shape index (κ3) is 6.38. The lowest BCUT2D eigenvalue weighted by Gasteiger charge is -2.43. The number of para-hydroxylation sites is 2. The van der Waals surface area contributed by atoms with E-state index < -0.39 is 12.1 Å². The maximum atomic E-state index is 13.9. The van der Waals surface area contributed by atoms with Gasteiger partial charge >= 0.3 is 0 Å². The van der Waals surface area contributed by atoms with Gasteiger partial charge in [0.05, 0.1) is 35.6 Å². The van der Waals surface area contributed by atoms with Gasteiger partial charge in [0, 0.05) is 19.6 Å². The Bertz CT molecular complexity index is 1160. The molecule has 0 amide bonds. The van der Waals surface area contributed by atoms with Crippen molar-refractivity contribution in [3.8, 4) is 5.75 Å². The van der Waals surface area contributed by atoms with Crippen LogP contribution in [0, 0.1) is 0 Å². The first kappa shape index (κ1) is 26.5. The smallest absolute Gasteiger partial charge is 0.186 e. The highest BCUT2D eigenvalue weighted by Crippen LogP contribution is 2.31. The number of carbonyl (C=O) groups is 1. The fourth-order valence-corrected chi connectivity index (χ4v) is 4.73. The van der Waals surface area contributed by atoms with Gasteiger partial charge in [-0.2, -0.15) is 0 Å². The predicted octanol–water partition coefficient (Wildman–Crippen LogP) is 5.07. The van der Waals surface area contributed by atoms with E-state index in [1.807, 2.05) is 48.5 Å². The predicted molar refractivity (Wildman–Crippen MR) is 145 cm³/mol. The number of halogens is 2. The van der Waals surface area contributed by atoms with E-state index >= 15 is 0 Å². The van der Waals surface area contributed by atoms with Crippen molar-refractivity contribution in [1.29, 1.82) is 0 Å². The zero-order chi connectivity index (χ0) is 25.5. The summed E-state index contributed by atoms with van der Waals surface area (Å²) < 4.78 is 11.7. The van der Waals surface area contributed by atoms with Crippen LogP contribution in [0.1, 0.15) is 18.1 Å². The Kier molecular flexibility index (Phi) is 9.24. The Hall–Kier alpha value is -2.61. The van der Waals surface area contributed by atoms with E-state index in [2.05, 4.69) is 27.7 Å². The Morgan fingerprint density at radius 2 is 1.81 bits per heavy atom. The number of hydrogen-bond donors (Lipinski definition) is 2. The van der Waals surface area contributed by atoms with Gasteiger partial charge in [-0.05, 0) is 42.3 Å². The summed E-state index contributed by atoms with van der Waals surface area (Å²) in [7, 11) is 1.64. The lowest BCUT2D eigenvalue weighted by Crippen LogP contribution is -2.67. The third-order valence-electron chi connectivity index (χ3n) is 6.31. The molecule has 8 heteroatoms. The number of methoxy groups -OCH3 is 1. The fraction of sp³-hybridized carbons (Fsp3) is 0.321. The molecule has 0 bridgehead atoms. The quantitative estimate of drug-likeness (QED) is 0.383. The first-order chi connectivity index (χ1) is 17.5. The monoisotopic (exact) mass is 527 g/mol. The Labute approximate surface area is 222 Å². The second-order valence-corrected chi connectivity index (χ2v) is 9.53. The molecule has 1 heterocycles. The molecule has 3 atom stereocenters. The normalized spacial score (nSPS) is 18.6. The number of piperazine rings is 1. The van der Waals surface area contributed by atoms with Crippen LogP contribution in [0.25, 0.3) is 0 Å². The standard InChI is InChI=1S/C28H31Cl2N3O3/c1-19(36-18-21-12-13-22(29)23(30)16-21)27(34)26-28(32-17-20-8-4-3-5-9-20)31-14-15-33(26)24-10-6-7-11-25(24)35-2/h3-13,16,19,26,28,31-32H,14-15,17-18H2,1-2H3. The van der Waals surface area contributed by atoms with Crippen molar-refractivity contribution in [3.05, 3.63) is 94.0 Å². The summed E-state index contributed by atoms with van der Waals surface area (Å²) in [5.41, 5.74) is 2.87. The van der Waals surface area contributed by atoms with Gasteiger partial charge in [-0.25, -0.2) is 0 Å². The van der Waals surface area contributed by atoms with Crippen LogP contribution in [0.15, 0.2) is 72.8 Å². The minimum atomic E-state index is -0.650. The van der Waals surface area contributed by atoms with Crippen molar-refractivity contribution in [1.82, 2.24) is 10.6 Å². The summed E-state index contributed by atoms with van der Waals surface area (Å²) in [5, 5.41) is 7.99. The number of ketones is 1. The van der Waals surface area contributed by atoms with E-state index in [-0.39, 0.29) is 18.6 Å². The van der Waals surface area contributed by atoms with E-state index in [0.29, 0.717) is 29.7 Å².